The molecule has 0 amide bonds. The number of hydrogen-bond acceptors (Lipinski definition) is 3. The van der Waals surface area contributed by atoms with E-state index in [0.717, 1.165) is 24.3 Å². The van der Waals surface area contributed by atoms with Crippen molar-refractivity contribution in [2.24, 2.45) is 5.92 Å². The van der Waals surface area contributed by atoms with Gasteiger partial charge in [0.2, 0.25) is 0 Å². The molecule has 3 heteroatoms. The summed E-state index contributed by atoms with van der Waals surface area (Å²) in [6.07, 6.45) is 0.901. The fourth-order valence-electron chi connectivity index (χ4n) is 2.45. The van der Waals surface area contributed by atoms with E-state index in [9.17, 15) is 5.26 Å². The van der Waals surface area contributed by atoms with E-state index in [1.165, 1.54) is 5.56 Å². The monoisotopic (exact) mass is 258 g/mol. The highest BCUT2D eigenvalue weighted by molar-refractivity contribution is 5.48. The quantitative estimate of drug-likeness (QED) is 0.902. The number of nitrogens with zero attached hydrogens (tertiary/aromatic N) is 1. The molecule has 0 aromatic heterocycles. The fraction of sp³-hybridized carbons (Fsp3) is 0.562. The lowest BCUT2D eigenvalue weighted by molar-refractivity contribution is 0.136. The van der Waals surface area contributed by atoms with Crippen LogP contribution in [0, 0.1) is 17.2 Å². The van der Waals surface area contributed by atoms with Gasteiger partial charge in [0, 0.05) is 12.0 Å². The largest absolute Gasteiger partial charge is 0.487 e. The van der Waals surface area contributed by atoms with Crippen LogP contribution in [0.3, 0.4) is 0 Å². The van der Waals surface area contributed by atoms with Gasteiger partial charge in [-0.25, -0.2) is 0 Å². The lowest BCUT2D eigenvalue weighted by Crippen LogP contribution is -2.27. The van der Waals surface area contributed by atoms with Crippen LogP contribution in [0.1, 0.15) is 44.9 Å². The second kappa shape index (κ2) is 5.22. The molecular weight excluding hydrogens is 236 g/mol. The van der Waals surface area contributed by atoms with Gasteiger partial charge >= 0.3 is 0 Å². The number of fused-ring (bicyclic) bond motifs is 1. The Morgan fingerprint density at radius 3 is 2.79 bits per heavy atom. The van der Waals surface area contributed by atoms with Crippen molar-refractivity contribution in [1.82, 2.24) is 5.32 Å². The molecular formula is C16H22N2O. The molecule has 1 aromatic carbocycles. The van der Waals surface area contributed by atoms with Gasteiger partial charge in [0.15, 0.2) is 0 Å². The molecule has 2 rings (SSSR count). The second-order valence-electron chi connectivity index (χ2n) is 6.24. The molecule has 0 saturated heterocycles. The van der Waals surface area contributed by atoms with Crippen molar-refractivity contribution in [3.05, 3.63) is 29.3 Å². The van der Waals surface area contributed by atoms with Crippen LogP contribution in [-0.4, -0.2) is 12.1 Å². The van der Waals surface area contributed by atoms with Gasteiger partial charge in [0.1, 0.15) is 17.4 Å². The Balaban J connectivity index is 2.26. The topological polar surface area (TPSA) is 45.0 Å². The highest BCUT2D eigenvalue weighted by atomic mass is 16.5. The average molecular weight is 258 g/mol. The number of nitriles is 1. The van der Waals surface area contributed by atoms with Gasteiger partial charge in [-0.15, -0.1) is 0 Å². The van der Waals surface area contributed by atoms with E-state index in [2.05, 4.69) is 45.1 Å². The molecule has 1 aliphatic rings. The molecule has 0 radical (unpaired) electrons. The highest BCUT2D eigenvalue weighted by Gasteiger charge is 2.33. The van der Waals surface area contributed by atoms with Crippen LogP contribution in [0.2, 0.25) is 0 Å². The summed E-state index contributed by atoms with van der Waals surface area (Å²) in [5.41, 5.74) is 2.00. The van der Waals surface area contributed by atoms with Gasteiger partial charge in [-0.1, -0.05) is 32.0 Å². The lowest BCUT2D eigenvalue weighted by atomic mass is 9.98. The molecule has 1 N–H and O–H groups in total. The van der Waals surface area contributed by atoms with E-state index in [-0.39, 0.29) is 11.6 Å². The summed E-state index contributed by atoms with van der Waals surface area (Å²) >= 11 is 0. The molecule has 0 saturated carbocycles. The van der Waals surface area contributed by atoms with Crippen molar-refractivity contribution in [1.29, 1.82) is 5.26 Å². The zero-order valence-electron chi connectivity index (χ0n) is 12.2. The predicted octanol–water partition coefficient (Wildman–Crippen LogP) is 3.21. The standard InChI is InChI=1S/C16H22N2O/c1-11(2)10-18-14(9-17)13-7-5-6-12-8-16(3,4)19-15(12)13/h5-7,11,14,18H,8,10H2,1-4H3. The number of benzene rings is 1. The number of nitrogens with one attached hydrogen (secondary N) is 1. The third kappa shape index (κ3) is 3.08. The van der Waals surface area contributed by atoms with Gasteiger partial charge < -0.3 is 4.74 Å². The maximum Gasteiger partial charge on any atom is 0.129 e. The summed E-state index contributed by atoms with van der Waals surface area (Å²) < 4.78 is 6.02. The molecule has 1 atom stereocenters. The number of hydrogen-bond donors (Lipinski definition) is 1. The van der Waals surface area contributed by atoms with Crippen molar-refractivity contribution in [3.8, 4) is 11.8 Å². The van der Waals surface area contributed by atoms with Crippen molar-refractivity contribution in [3.63, 3.8) is 0 Å². The zero-order valence-corrected chi connectivity index (χ0v) is 12.2. The molecule has 102 valence electrons. The van der Waals surface area contributed by atoms with Gasteiger partial charge in [-0.2, -0.15) is 5.26 Å². The van der Waals surface area contributed by atoms with E-state index in [0.29, 0.717) is 5.92 Å². The van der Waals surface area contributed by atoms with Crippen LogP contribution >= 0.6 is 0 Å². The zero-order chi connectivity index (χ0) is 14.0. The summed E-state index contributed by atoms with van der Waals surface area (Å²) in [6.45, 7) is 9.26. The minimum atomic E-state index is -0.300. The highest BCUT2D eigenvalue weighted by Crippen LogP contribution is 2.39. The summed E-state index contributed by atoms with van der Waals surface area (Å²) in [5.74, 6) is 1.42. The molecule has 0 fully saturated rings. The first-order chi connectivity index (χ1) is 8.93. The molecule has 0 spiro atoms. The van der Waals surface area contributed by atoms with E-state index < -0.39 is 0 Å². The molecule has 3 nitrogen and oxygen atoms in total. The van der Waals surface area contributed by atoms with Crippen molar-refractivity contribution in [2.45, 2.75) is 45.8 Å². The minimum Gasteiger partial charge on any atom is -0.487 e. The van der Waals surface area contributed by atoms with Crippen LogP contribution in [-0.2, 0) is 6.42 Å². The van der Waals surface area contributed by atoms with Crippen LogP contribution in [0.15, 0.2) is 18.2 Å². The first kappa shape index (κ1) is 13.9. The Morgan fingerprint density at radius 2 is 2.16 bits per heavy atom. The normalized spacial score (nSPS) is 17.7. The number of para-hydroxylation sites is 1. The number of ether oxygens (including phenoxy) is 1. The van der Waals surface area contributed by atoms with Gasteiger partial charge in [0.05, 0.1) is 6.07 Å². The molecule has 1 unspecified atom stereocenters. The maximum atomic E-state index is 9.39. The van der Waals surface area contributed by atoms with Gasteiger partial charge in [-0.05, 0) is 31.9 Å². The third-order valence-corrected chi connectivity index (χ3v) is 3.29. The van der Waals surface area contributed by atoms with Gasteiger partial charge in [-0.3, -0.25) is 5.32 Å². The van der Waals surface area contributed by atoms with Crippen LogP contribution in [0.5, 0.6) is 5.75 Å². The lowest BCUT2D eigenvalue weighted by Gasteiger charge is -2.20. The predicted molar refractivity (Wildman–Crippen MR) is 76.0 cm³/mol. The summed E-state index contributed by atoms with van der Waals surface area (Å²) in [4.78, 5) is 0. The molecule has 1 aromatic rings. The Kier molecular flexibility index (Phi) is 3.82. The Labute approximate surface area is 115 Å². The summed E-state index contributed by atoms with van der Waals surface area (Å²) in [5, 5.41) is 12.7. The van der Waals surface area contributed by atoms with Crippen molar-refractivity contribution in [2.75, 3.05) is 6.54 Å². The number of rotatable bonds is 4. The van der Waals surface area contributed by atoms with E-state index in [1.807, 2.05) is 12.1 Å². The molecule has 1 heterocycles. The SMILES string of the molecule is CC(C)CNC(C#N)c1cccc2c1OC(C)(C)C2. The average Bonchev–Trinajstić information content (AvgIpc) is 2.64. The molecule has 0 bridgehead atoms. The van der Waals surface area contributed by atoms with Gasteiger partial charge in [0.25, 0.3) is 0 Å². The Hall–Kier alpha value is -1.53. The fourth-order valence-corrected chi connectivity index (χ4v) is 2.45. The molecule has 0 aliphatic carbocycles. The maximum absolute atomic E-state index is 9.39. The van der Waals surface area contributed by atoms with Crippen LogP contribution in [0.4, 0.5) is 0 Å². The van der Waals surface area contributed by atoms with Crippen LogP contribution < -0.4 is 10.1 Å². The minimum absolute atomic E-state index is 0.170. The van der Waals surface area contributed by atoms with Crippen LogP contribution in [0.25, 0.3) is 0 Å². The Bertz CT molecular complexity index is 500. The third-order valence-electron chi connectivity index (χ3n) is 3.29. The molecule has 1 aliphatic heterocycles. The van der Waals surface area contributed by atoms with E-state index >= 15 is 0 Å². The molecule has 19 heavy (non-hydrogen) atoms. The first-order valence-electron chi connectivity index (χ1n) is 6.87. The first-order valence-corrected chi connectivity index (χ1v) is 6.87. The summed E-state index contributed by atoms with van der Waals surface area (Å²) in [7, 11) is 0. The Morgan fingerprint density at radius 1 is 1.42 bits per heavy atom. The second-order valence-corrected chi connectivity index (χ2v) is 6.24. The summed E-state index contributed by atoms with van der Waals surface area (Å²) in [6, 6.07) is 8.13. The van der Waals surface area contributed by atoms with E-state index in [4.69, 9.17) is 4.74 Å². The van der Waals surface area contributed by atoms with E-state index in [1.54, 1.807) is 0 Å². The van der Waals surface area contributed by atoms with Crippen molar-refractivity contribution < 1.29 is 4.74 Å². The van der Waals surface area contributed by atoms with Crippen molar-refractivity contribution >= 4 is 0 Å². The smallest absolute Gasteiger partial charge is 0.129 e.